The van der Waals surface area contributed by atoms with Gasteiger partial charge in [-0.3, -0.25) is 13.9 Å². The van der Waals surface area contributed by atoms with E-state index in [1.807, 2.05) is 42.5 Å². The second-order valence-electron chi connectivity index (χ2n) is 9.73. The summed E-state index contributed by atoms with van der Waals surface area (Å²) in [6.07, 6.45) is 1.13. The van der Waals surface area contributed by atoms with Crippen molar-refractivity contribution < 1.29 is 27.2 Å². The van der Waals surface area contributed by atoms with E-state index in [2.05, 4.69) is 0 Å². The number of likely N-dealkylation sites (tertiary alicyclic amines) is 1. The Morgan fingerprint density at radius 1 is 1.05 bits per heavy atom. The van der Waals surface area contributed by atoms with Gasteiger partial charge in [0.1, 0.15) is 5.76 Å². The van der Waals surface area contributed by atoms with Crippen LogP contribution in [0.4, 0.5) is 5.69 Å². The molecule has 38 heavy (non-hydrogen) atoms. The Morgan fingerprint density at radius 2 is 1.79 bits per heavy atom. The number of amides is 1. The SMILES string of the molecule is CCOC(=O)CS(=O)(=O)N1CC2(CCN(C(=O)c3ccc(-c4ccccc4)o3)CC2)c2cc(CN)ccc21. The molecule has 1 fully saturated rings. The average molecular weight is 538 g/mol. The Bertz CT molecular complexity index is 1440. The molecule has 0 saturated carbocycles. The second-order valence-corrected chi connectivity index (χ2v) is 11.6. The maximum Gasteiger partial charge on any atom is 0.323 e. The van der Waals surface area contributed by atoms with Crippen molar-refractivity contribution in [1.29, 1.82) is 0 Å². The van der Waals surface area contributed by atoms with E-state index < -0.39 is 27.2 Å². The summed E-state index contributed by atoms with van der Waals surface area (Å²) >= 11 is 0. The summed E-state index contributed by atoms with van der Waals surface area (Å²) in [4.78, 5) is 27.1. The third kappa shape index (κ3) is 4.81. The first-order chi connectivity index (χ1) is 18.3. The first kappa shape index (κ1) is 26.0. The average Bonchev–Trinajstić information content (AvgIpc) is 3.53. The molecule has 200 valence electrons. The van der Waals surface area contributed by atoms with Crippen LogP contribution in [0.5, 0.6) is 0 Å². The van der Waals surface area contributed by atoms with E-state index in [1.54, 1.807) is 30.0 Å². The zero-order chi connectivity index (χ0) is 26.9. The van der Waals surface area contributed by atoms with Gasteiger partial charge in [-0.1, -0.05) is 42.5 Å². The topological polar surface area (TPSA) is 123 Å². The highest BCUT2D eigenvalue weighted by Crippen LogP contribution is 2.48. The van der Waals surface area contributed by atoms with Crippen LogP contribution in [-0.4, -0.2) is 57.2 Å². The van der Waals surface area contributed by atoms with Crippen LogP contribution in [0.3, 0.4) is 0 Å². The van der Waals surface area contributed by atoms with Crippen LogP contribution < -0.4 is 10.0 Å². The summed E-state index contributed by atoms with van der Waals surface area (Å²) in [5.41, 5.74) is 8.65. The van der Waals surface area contributed by atoms with Gasteiger partial charge in [-0.25, -0.2) is 8.42 Å². The molecule has 0 aliphatic carbocycles. The zero-order valence-corrected chi connectivity index (χ0v) is 22.1. The molecule has 1 amide bonds. The minimum Gasteiger partial charge on any atom is -0.465 e. The maximum absolute atomic E-state index is 13.3. The number of hydrogen-bond donors (Lipinski definition) is 1. The summed E-state index contributed by atoms with van der Waals surface area (Å²) < 4.78 is 38.6. The normalized spacial score (nSPS) is 16.5. The Morgan fingerprint density at radius 3 is 2.47 bits per heavy atom. The van der Waals surface area contributed by atoms with Crippen molar-refractivity contribution in [2.45, 2.75) is 31.7 Å². The van der Waals surface area contributed by atoms with Crippen LogP contribution >= 0.6 is 0 Å². The Labute approximate surface area is 222 Å². The molecule has 2 N–H and O–H groups in total. The highest BCUT2D eigenvalue weighted by atomic mass is 32.2. The van der Waals surface area contributed by atoms with Crippen molar-refractivity contribution in [1.82, 2.24) is 4.90 Å². The van der Waals surface area contributed by atoms with Gasteiger partial charge >= 0.3 is 5.97 Å². The first-order valence-electron chi connectivity index (χ1n) is 12.7. The van der Waals surface area contributed by atoms with Crippen LogP contribution in [0.25, 0.3) is 11.3 Å². The molecule has 1 aromatic heterocycles. The quantitative estimate of drug-likeness (QED) is 0.459. The Balaban J connectivity index is 1.36. The molecule has 1 spiro atoms. The molecule has 0 atom stereocenters. The number of carbonyl (C=O) groups is 2. The summed E-state index contributed by atoms with van der Waals surface area (Å²) in [5, 5.41) is 0. The molecule has 0 bridgehead atoms. The highest BCUT2D eigenvalue weighted by Gasteiger charge is 2.49. The van der Waals surface area contributed by atoms with E-state index in [-0.39, 0.29) is 24.8 Å². The van der Waals surface area contributed by atoms with E-state index in [0.717, 1.165) is 16.7 Å². The smallest absolute Gasteiger partial charge is 0.323 e. The van der Waals surface area contributed by atoms with Gasteiger partial charge in [0, 0.05) is 37.2 Å². The van der Waals surface area contributed by atoms with E-state index in [0.29, 0.717) is 43.9 Å². The fraction of sp³-hybridized carbons (Fsp3) is 0.357. The number of rotatable bonds is 7. The number of hydrogen-bond acceptors (Lipinski definition) is 7. The van der Waals surface area contributed by atoms with Gasteiger partial charge in [0.25, 0.3) is 5.91 Å². The number of esters is 1. The standard InChI is InChI=1S/C28H31N3O6S/c1-2-36-26(32)18-38(34,35)31-19-28(22-16-20(17-29)8-9-23(22)31)12-14-30(15-13-28)27(33)25-11-10-24(37-25)21-6-4-3-5-7-21/h3-11,16H,2,12-15,17-19,29H2,1H3. The van der Waals surface area contributed by atoms with Gasteiger partial charge < -0.3 is 19.8 Å². The predicted molar refractivity (Wildman–Crippen MR) is 143 cm³/mol. The third-order valence-corrected chi connectivity index (χ3v) is 9.01. The first-order valence-corrected chi connectivity index (χ1v) is 14.3. The number of nitrogens with zero attached hydrogens (tertiary/aromatic N) is 2. The fourth-order valence-corrected chi connectivity index (χ4v) is 6.85. The molecule has 3 heterocycles. The molecule has 3 aromatic rings. The largest absolute Gasteiger partial charge is 0.465 e. The third-order valence-electron chi connectivity index (χ3n) is 7.41. The van der Waals surface area contributed by atoms with Crippen molar-refractivity contribution in [3.8, 4) is 11.3 Å². The summed E-state index contributed by atoms with van der Waals surface area (Å²) in [5.74, 6) is -0.786. The lowest BCUT2D eigenvalue weighted by Gasteiger charge is -2.39. The Hall–Kier alpha value is -3.63. The van der Waals surface area contributed by atoms with Crippen molar-refractivity contribution in [2.24, 2.45) is 5.73 Å². The lowest BCUT2D eigenvalue weighted by atomic mass is 9.74. The molecular formula is C28H31N3O6S. The number of anilines is 1. The summed E-state index contributed by atoms with van der Waals surface area (Å²) in [6, 6.07) is 18.6. The van der Waals surface area contributed by atoms with Gasteiger partial charge in [-0.15, -0.1) is 0 Å². The minimum absolute atomic E-state index is 0.112. The number of furan rings is 1. The monoisotopic (exact) mass is 537 g/mol. The van der Waals surface area contributed by atoms with Gasteiger partial charge in [-0.05, 0) is 49.1 Å². The summed E-state index contributed by atoms with van der Waals surface area (Å²) in [7, 11) is -3.95. The molecule has 10 heteroatoms. The molecule has 0 unspecified atom stereocenters. The number of sulfonamides is 1. The van der Waals surface area contributed by atoms with Gasteiger partial charge in [0.15, 0.2) is 11.5 Å². The number of nitrogens with two attached hydrogens (primary N) is 1. The van der Waals surface area contributed by atoms with Crippen LogP contribution in [-0.2, 0) is 31.5 Å². The van der Waals surface area contributed by atoms with Gasteiger partial charge in [0.2, 0.25) is 10.0 Å². The molecule has 2 aliphatic rings. The van der Waals surface area contributed by atoms with E-state index >= 15 is 0 Å². The number of fused-ring (bicyclic) bond motifs is 2. The van der Waals surface area contributed by atoms with E-state index in [9.17, 15) is 18.0 Å². The van der Waals surface area contributed by atoms with Crippen molar-refractivity contribution >= 4 is 27.6 Å². The van der Waals surface area contributed by atoms with E-state index in [1.165, 1.54) is 4.31 Å². The van der Waals surface area contributed by atoms with Gasteiger partial charge in [0.05, 0.1) is 12.3 Å². The Kier molecular flexibility index (Phi) is 7.02. The van der Waals surface area contributed by atoms with E-state index in [4.69, 9.17) is 14.9 Å². The highest BCUT2D eigenvalue weighted by molar-refractivity contribution is 7.93. The second kappa shape index (κ2) is 10.3. The molecular weight excluding hydrogens is 506 g/mol. The molecule has 1 saturated heterocycles. The molecule has 2 aromatic carbocycles. The lowest BCUT2D eigenvalue weighted by molar-refractivity contribution is -0.139. The molecule has 5 rings (SSSR count). The maximum atomic E-state index is 13.3. The van der Waals surface area contributed by atoms with Crippen LogP contribution in [0, 0.1) is 0 Å². The molecule has 0 radical (unpaired) electrons. The van der Waals surface area contributed by atoms with Crippen molar-refractivity contribution in [3.05, 3.63) is 77.6 Å². The fourth-order valence-electron chi connectivity index (χ4n) is 5.41. The number of ether oxygens (including phenoxy) is 1. The molecule has 9 nitrogen and oxygen atoms in total. The van der Waals surface area contributed by atoms with Crippen molar-refractivity contribution in [2.75, 3.05) is 36.3 Å². The van der Waals surface area contributed by atoms with Crippen LogP contribution in [0.15, 0.2) is 65.1 Å². The van der Waals surface area contributed by atoms with Crippen molar-refractivity contribution in [3.63, 3.8) is 0 Å². The lowest BCUT2D eigenvalue weighted by Crippen LogP contribution is -2.48. The number of piperidine rings is 1. The summed E-state index contributed by atoms with van der Waals surface area (Å²) in [6.45, 7) is 3.17. The van der Waals surface area contributed by atoms with Crippen LogP contribution in [0.2, 0.25) is 0 Å². The van der Waals surface area contributed by atoms with Crippen LogP contribution in [0.1, 0.15) is 41.4 Å². The zero-order valence-electron chi connectivity index (χ0n) is 21.3. The number of benzene rings is 2. The number of carbonyl (C=O) groups excluding carboxylic acids is 2. The van der Waals surface area contributed by atoms with Gasteiger partial charge in [-0.2, -0.15) is 0 Å². The predicted octanol–water partition coefficient (Wildman–Crippen LogP) is 3.29. The minimum atomic E-state index is -3.95. The molecule has 2 aliphatic heterocycles.